The van der Waals surface area contributed by atoms with E-state index in [0.29, 0.717) is 31.2 Å². The summed E-state index contributed by atoms with van der Waals surface area (Å²) in [7, 11) is 1.70. The van der Waals surface area contributed by atoms with E-state index in [1.165, 1.54) is 0 Å². The monoisotopic (exact) mass is 383 g/mol. The molecule has 8 nitrogen and oxygen atoms in total. The Morgan fingerprint density at radius 2 is 2.00 bits per heavy atom. The molecule has 1 aromatic rings. The van der Waals surface area contributed by atoms with Gasteiger partial charge in [-0.25, -0.2) is 0 Å². The molecule has 3 N–H and O–H groups in total. The van der Waals surface area contributed by atoms with Crippen LogP contribution in [0.15, 0.2) is 10.6 Å². The molecule has 154 valence electrons. The van der Waals surface area contributed by atoms with E-state index < -0.39 is 17.2 Å². The minimum atomic E-state index is -1.06. The van der Waals surface area contributed by atoms with E-state index in [4.69, 9.17) is 9.26 Å². The van der Waals surface area contributed by atoms with Crippen LogP contribution >= 0.6 is 0 Å². The fourth-order valence-electron chi connectivity index (χ4n) is 2.89. The first-order valence-corrected chi connectivity index (χ1v) is 9.45. The van der Waals surface area contributed by atoms with Crippen LogP contribution in [-0.4, -0.2) is 64.8 Å². The Balaban J connectivity index is 1.98. The van der Waals surface area contributed by atoms with Crippen LogP contribution in [-0.2, 0) is 14.9 Å². The zero-order chi connectivity index (χ0) is 20.2. The molecule has 0 saturated carbocycles. The first-order valence-electron chi connectivity index (χ1n) is 9.45. The lowest BCUT2D eigenvalue weighted by molar-refractivity contribution is -0.139. The minimum absolute atomic E-state index is 0.00702. The van der Waals surface area contributed by atoms with Gasteiger partial charge in [-0.2, -0.15) is 0 Å². The lowest BCUT2D eigenvalue weighted by atomic mass is 9.91. The SMILES string of the molecule is CN(C(=O)CC1CCOCC1)C(C)(C)C(O)Nc1cc(C(C)(C)CO)no1. The number of aromatic nitrogens is 1. The molecule has 8 heteroatoms. The van der Waals surface area contributed by atoms with Gasteiger partial charge >= 0.3 is 0 Å². The Kier molecular flexibility index (Phi) is 6.88. The molecule has 1 unspecified atom stereocenters. The van der Waals surface area contributed by atoms with Crippen LogP contribution in [0.5, 0.6) is 0 Å². The van der Waals surface area contributed by atoms with Gasteiger partial charge in [-0.15, -0.1) is 0 Å². The number of aliphatic hydroxyl groups excluding tert-OH is 2. The molecule has 1 aliphatic heterocycles. The zero-order valence-electron chi connectivity index (χ0n) is 17.0. The van der Waals surface area contributed by atoms with Gasteiger partial charge in [-0.05, 0) is 32.6 Å². The van der Waals surface area contributed by atoms with Crippen molar-refractivity contribution in [2.45, 2.75) is 64.1 Å². The van der Waals surface area contributed by atoms with Crippen LogP contribution < -0.4 is 5.32 Å². The summed E-state index contributed by atoms with van der Waals surface area (Å²) in [5.41, 5.74) is -0.816. The number of hydrogen-bond acceptors (Lipinski definition) is 7. The molecule has 1 aromatic heterocycles. The van der Waals surface area contributed by atoms with Gasteiger partial charge in [0.2, 0.25) is 11.8 Å². The van der Waals surface area contributed by atoms with Gasteiger partial charge in [0.05, 0.1) is 17.8 Å². The highest BCUT2D eigenvalue weighted by atomic mass is 16.5. The normalized spacial score (nSPS) is 17.6. The topological polar surface area (TPSA) is 108 Å². The highest BCUT2D eigenvalue weighted by Crippen LogP contribution is 2.27. The number of likely N-dealkylation sites (N-methyl/N-ethyl adjacent to an activating group) is 1. The van der Waals surface area contributed by atoms with E-state index in [-0.39, 0.29) is 18.4 Å². The van der Waals surface area contributed by atoms with E-state index in [1.54, 1.807) is 31.9 Å². The maximum Gasteiger partial charge on any atom is 0.226 e. The van der Waals surface area contributed by atoms with Gasteiger partial charge in [-0.3, -0.25) is 4.79 Å². The summed E-state index contributed by atoms with van der Waals surface area (Å²) < 4.78 is 10.6. The number of nitrogens with zero attached hydrogens (tertiary/aromatic N) is 2. The Morgan fingerprint density at radius 3 is 2.59 bits per heavy atom. The summed E-state index contributed by atoms with van der Waals surface area (Å²) in [5, 5.41) is 26.9. The molecule has 1 aliphatic rings. The predicted octanol–water partition coefficient (Wildman–Crippen LogP) is 1.73. The van der Waals surface area contributed by atoms with Crippen molar-refractivity contribution >= 4 is 11.8 Å². The van der Waals surface area contributed by atoms with Gasteiger partial charge in [0.25, 0.3) is 0 Å². The fourth-order valence-corrected chi connectivity index (χ4v) is 2.89. The Bertz CT molecular complexity index is 623. The maximum atomic E-state index is 12.7. The van der Waals surface area contributed by atoms with Crippen molar-refractivity contribution in [3.05, 3.63) is 11.8 Å². The van der Waals surface area contributed by atoms with Gasteiger partial charge in [-0.1, -0.05) is 19.0 Å². The second-order valence-electron chi connectivity index (χ2n) is 8.53. The molecule has 1 fully saturated rings. The first kappa shape index (κ1) is 21.7. The molecular weight excluding hydrogens is 350 g/mol. The number of rotatable bonds is 8. The predicted molar refractivity (Wildman–Crippen MR) is 101 cm³/mol. The third kappa shape index (κ3) is 5.21. The van der Waals surface area contributed by atoms with Crippen LogP contribution in [0.4, 0.5) is 5.88 Å². The minimum Gasteiger partial charge on any atom is -0.395 e. The summed E-state index contributed by atoms with van der Waals surface area (Å²) in [6.07, 6.45) is 1.18. The van der Waals surface area contributed by atoms with Crippen molar-refractivity contribution in [1.82, 2.24) is 10.1 Å². The number of nitrogens with one attached hydrogen (secondary N) is 1. The average molecular weight is 383 g/mol. The van der Waals surface area contributed by atoms with Crippen molar-refractivity contribution < 1.29 is 24.3 Å². The van der Waals surface area contributed by atoms with Crippen LogP contribution in [0.1, 0.15) is 52.7 Å². The lowest BCUT2D eigenvalue weighted by Crippen LogP contribution is -2.56. The molecule has 1 amide bonds. The smallest absolute Gasteiger partial charge is 0.226 e. The van der Waals surface area contributed by atoms with Gasteiger partial charge in [0, 0.05) is 38.2 Å². The quantitative estimate of drug-likeness (QED) is 0.587. The molecule has 27 heavy (non-hydrogen) atoms. The Morgan fingerprint density at radius 1 is 1.37 bits per heavy atom. The second kappa shape index (κ2) is 8.58. The van der Waals surface area contributed by atoms with Crippen LogP contribution in [0.3, 0.4) is 0 Å². The number of hydrogen-bond donors (Lipinski definition) is 3. The third-order valence-electron chi connectivity index (χ3n) is 5.59. The molecule has 0 radical (unpaired) electrons. The number of carbonyl (C=O) groups excluding carboxylic acids is 1. The molecule has 0 spiro atoms. The van der Waals surface area contributed by atoms with Crippen molar-refractivity contribution in [2.75, 3.05) is 32.2 Å². The maximum absolute atomic E-state index is 12.7. The second-order valence-corrected chi connectivity index (χ2v) is 8.53. The molecule has 0 bridgehead atoms. The summed E-state index contributed by atoms with van der Waals surface area (Å²) in [6, 6.07) is 1.65. The van der Waals surface area contributed by atoms with E-state index in [1.807, 2.05) is 13.8 Å². The summed E-state index contributed by atoms with van der Waals surface area (Å²) >= 11 is 0. The number of ether oxygens (including phenoxy) is 1. The summed E-state index contributed by atoms with van der Waals surface area (Å²) in [6.45, 7) is 8.61. The number of carbonyl (C=O) groups is 1. The highest BCUT2D eigenvalue weighted by Gasteiger charge is 2.37. The van der Waals surface area contributed by atoms with Crippen molar-refractivity contribution in [2.24, 2.45) is 5.92 Å². The van der Waals surface area contributed by atoms with Crippen molar-refractivity contribution in [3.63, 3.8) is 0 Å². The van der Waals surface area contributed by atoms with E-state index >= 15 is 0 Å². The standard InChI is InChI=1S/C19H33N3O5/c1-18(2,12-23)14-11-15(27-21-14)20-17(25)19(3,4)22(5)16(24)10-13-6-8-26-9-7-13/h11,13,17,20,23,25H,6-10,12H2,1-5H3. The van der Waals surface area contributed by atoms with Gasteiger partial charge in [0.1, 0.15) is 6.23 Å². The molecule has 2 rings (SSSR count). The van der Waals surface area contributed by atoms with Crippen LogP contribution in [0.25, 0.3) is 0 Å². The first-order chi connectivity index (χ1) is 12.6. The molecule has 1 saturated heterocycles. The number of anilines is 1. The lowest BCUT2D eigenvalue weighted by Gasteiger charge is -2.40. The van der Waals surface area contributed by atoms with Crippen LogP contribution in [0.2, 0.25) is 0 Å². The largest absolute Gasteiger partial charge is 0.395 e. The Labute approximate surface area is 160 Å². The third-order valence-corrected chi connectivity index (χ3v) is 5.59. The molecule has 1 atom stereocenters. The summed E-state index contributed by atoms with van der Waals surface area (Å²) in [4.78, 5) is 14.3. The van der Waals surface area contributed by atoms with Crippen LogP contribution in [0, 0.1) is 5.92 Å². The van der Waals surface area contributed by atoms with Crippen molar-refractivity contribution in [1.29, 1.82) is 0 Å². The average Bonchev–Trinajstić information content (AvgIpc) is 3.11. The number of amides is 1. The molecular formula is C19H33N3O5. The highest BCUT2D eigenvalue weighted by molar-refractivity contribution is 5.77. The molecule has 2 heterocycles. The molecule has 0 aliphatic carbocycles. The van der Waals surface area contributed by atoms with E-state index in [9.17, 15) is 15.0 Å². The van der Waals surface area contributed by atoms with Gasteiger partial charge in [0.15, 0.2) is 0 Å². The van der Waals surface area contributed by atoms with Gasteiger partial charge < -0.3 is 29.7 Å². The van der Waals surface area contributed by atoms with E-state index in [0.717, 1.165) is 12.8 Å². The number of aliphatic hydroxyl groups is 2. The zero-order valence-corrected chi connectivity index (χ0v) is 17.0. The van der Waals surface area contributed by atoms with E-state index in [2.05, 4.69) is 10.5 Å². The summed E-state index contributed by atoms with van der Waals surface area (Å²) in [5.74, 6) is 0.608. The Hall–Kier alpha value is -1.64. The van der Waals surface area contributed by atoms with Crippen molar-refractivity contribution in [3.8, 4) is 0 Å². The fraction of sp³-hybridized carbons (Fsp3) is 0.789. The molecule has 0 aromatic carbocycles.